The van der Waals surface area contributed by atoms with Crippen molar-refractivity contribution in [2.45, 2.75) is 31.1 Å². The van der Waals surface area contributed by atoms with Crippen LogP contribution < -0.4 is 19.5 Å². The average molecular weight is 543 g/mol. The number of fused-ring (bicyclic) bond motifs is 1. The van der Waals surface area contributed by atoms with Crippen LogP contribution in [-0.4, -0.2) is 46.9 Å². The molecule has 39 heavy (non-hydrogen) atoms. The molecule has 0 bridgehead atoms. The molecule has 3 aliphatic rings. The molecule has 0 aromatic heterocycles. The van der Waals surface area contributed by atoms with Crippen molar-refractivity contribution in [1.29, 1.82) is 0 Å². The Morgan fingerprint density at radius 3 is 2.62 bits per heavy atom. The number of thioether (sulfide) groups is 1. The smallest absolute Gasteiger partial charge is 0.262 e. The molecule has 10 heteroatoms. The second-order valence-corrected chi connectivity index (χ2v) is 10.6. The molecular formula is C29H26N4O5S. The van der Waals surface area contributed by atoms with Crippen molar-refractivity contribution in [2.24, 2.45) is 10.1 Å². The lowest BCUT2D eigenvalue weighted by atomic mass is 9.98. The first kappa shape index (κ1) is 25.0. The summed E-state index contributed by atoms with van der Waals surface area (Å²) < 4.78 is 16.0. The van der Waals surface area contributed by atoms with Gasteiger partial charge in [0.25, 0.3) is 5.91 Å². The lowest BCUT2D eigenvalue weighted by Crippen LogP contribution is -2.25. The van der Waals surface area contributed by atoms with Gasteiger partial charge in [0, 0.05) is 24.6 Å². The second-order valence-electron chi connectivity index (χ2n) is 9.41. The van der Waals surface area contributed by atoms with Gasteiger partial charge in [-0.05, 0) is 42.3 Å². The van der Waals surface area contributed by atoms with E-state index >= 15 is 0 Å². The summed E-state index contributed by atoms with van der Waals surface area (Å²) in [7, 11) is 1.63. The number of ether oxygens (including phenoxy) is 3. The lowest BCUT2D eigenvalue weighted by Gasteiger charge is -2.23. The predicted molar refractivity (Wildman–Crippen MR) is 150 cm³/mol. The van der Waals surface area contributed by atoms with Gasteiger partial charge in [-0.3, -0.25) is 9.59 Å². The molecule has 198 valence electrons. The summed E-state index contributed by atoms with van der Waals surface area (Å²) >= 11 is 1.27. The first-order chi connectivity index (χ1) is 19.0. The minimum absolute atomic E-state index is 0.0134. The number of hydrazone groups is 1. The molecule has 0 fully saturated rings. The Morgan fingerprint density at radius 1 is 1.08 bits per heavy atom. The van der Waals surface area contributed by atoms with Gasteiger partial charge in [-0.15, -0.1) is 0 Å². The minimum Gasteiger partial charge on any atom is -0.497 e. The number of hydrogen-bond acceptors (Lipinski definition) is 8. The third-order valence-electron chi connectivity index (χ3n) is 6.75. The molecule has 1 N–H and O–H groups in total. The normalized spacial score (nSPS) is 19.6. The van der Waals surface area contributed by atoms with E-state index in [2.05, 4.69) is 34.6 Å². The monoisotopic (exact) mass is 542 g/mol. The van der Waals surface area contributed by atoms with E-state index in [-0.39, 0.29) is 31.1 Å². The van der Waals surface area contributed by atoms with E-state index in [0.29, 0.717) is 28.8 Å². The Morgan fingerprint density at radius 2 is 1.85 bits per heavy atom. The minimum atomic E-state index is -0.635. The zero-order chi connectivity index (χ0) is 26.9. The highest BCUT2D eigenvalue weighted by Gasteiger charge is 2.39. The van der Waals surface area contributed by atoms with Gasteiger partial charge < -0.3 is 19.5 Å². The predicted octanol–water partition coefficient (Wildman–Crippen LogP) is 4.91. The molecule has 0 radical (unpaired) electrons. The second kappa shape index (κ2) is 10.5. The number of aliphatic imine (C=N–C) groups is 1. The lowest BCUT2D eigenvalue weighted by molar-refractivity contribution is -0.121. The Kier molecular flexibility index (Phi) is 6.70. The van der Waals surface area contributed by atoms with Gasteiger partial charge in [-0.2, -0.15) is 10.1 Å². The number of hydrogen-bond donors (Lipinski definition) is 1. The van der Waals surface area contributed by atoms with Gasteiger partial charge in [0.1, 0.15) is 11.0 Å². The molecule has 0 saturated carbocycles. The number of amides is 2. The standard InChI is InChI=1S/C29H26N4O5S/c1-17-3-5-18(6-4-17)22-14-23(19-7-10-21(36-2)11-8-19)33(32-22)29-31-28(35)26(39-29)15-27(34)30-20-9-12-24-25(13-20)38-16-37-24/h3-13,23,26H,14-16H2,1-2H3,(H,30,34)/t23-,26+/m1/s1. The van der Waals surface area contributed by atoms with Gasteiger partial charge in [0.05, 0.1) is 18.9 Å². The van der Waals surface area contributed by atoms with Crippen LogP contribution in [0.25, 0.3) is 0 Å². The van der Waals surface area contributed by atoms with Crippen LogP contribution in [0.15, 0.2) is 76.8 Å². The Bertz CT molecular complexity index is 1490. The number of methoxy groups -OCH3 is 1. The van der Waals surface area contributed by atoms with Crippen molar-refractivity contribution in [3.8, 4) is 17.2 Å². The molecule has 3 heterocycles. The topological polar surface area (TPSA) is 102 Å². The van der Waals surface area contributed by atoms with Crippen LogP contribution in [0.3, 0.4) is 0 Å². The fraction of sp³-hybridized carbons (Fsp3) is 0.241. The number of carbonyl (C=O) groups excluding carboxylic acids is 2. The van der Waals surface area contributed by atoms with Gasteiger partial charge in [-0.1, -0.05) is 53.7 Å². The van der Waals surface area contributed by atoms with Crippen molar-refractivity contribution < 1.29 is 23.8 Å². The molecule has 0 unspecified atom stereocenters. The summed E-state index contributed by atoms with van der Waals surface area (Å²) in [5.41, 5.74) is 4.71. The summed E-state index contributed by atoms with van der Waals surface area (Å²) in [6.07, 6.45) is 0.638. The third-order valence-corrected chi connectivity index (χ3v) is 7.89. The SMILES string of the molecule is COc1ccc([C@H]2CC(c3ccc(C)cc3)=NN2C2=NC(=O)[C@H](CC(=O)Nc3ccc4c(c3)OCO4)S2)cc1. The maximum Gasteiger partial charge on any atom is 0.262 e. The van der Waals surface area contributed by atoms with Crippen molar-refractivity contribution >= 4 is 40.1 Å². The van der Waals surface area contributed by atoms with E-state index < -0.39 is 5.25 Å². The molecule has 0 aliphatic carbocycles. The number of benzene rings is 3. The molecule has 2 atom stereocenters. The highest BCUT2D eigenvalue weighted by atomic mass is 32.2. The van der Waals surface area contributed by atoms with E-state index in [9.17, 15) is 9.59 Å². The average Bonchev–Trinajstić information content (AvgIpc) is 3.68. The van der Waals surface area contributed by atoms with Crippen molar-refractivity contribution in [3.05, 3.63) is 83.4 Å². The zero-order valence-corrected chi connectivity index (χ0v) is 22.2. The largest absolute Gasteiger partial charge is 0.497 e. The van der Waals surface area contributed by atoms with Crippen molar-refractivity contribution in [2.75, 3.05) is 19.2 Å². The van der Waals surface area contributed by atoms with Crippen molar-refractivity contribution in [3.63, 3.8) is 0 Å². The summed E-state index contributed by atoms with van der Waals surface area (Å²) in [6.45, 7) is 2.20. The van der Waals surface area contributed by atoms with Gasteiger partial charge >= 0.3 is 0 Å². The van der Waals surface area contributed by atoms with Crippen LogP contribution in [0.5, 0.6) is 17.2 Å². The zero-order valence-electron chi connectivity index (χ0n) is 21.4. The fourth-order valence-electron chi connectivity index (χ4n) is 4.65. The maximum atomic E-state index is 12.9. The van der Waals surface area contributed by atoms with E-state index in [0.717, 1.165) is 22.6 Å². The first-order valence-electron chi connectivity index (χ1n) is 12.5. The first-order valence-corrected chi connectivity index (χ1v) is 13.4. The Balaban J connectivity index is 1.19. The van der Waals surface area contributed by atoms with Crippen LogP contribution in [-0.2, 0) is 9.59 Å². The Hall–Kier alpha value is -4.31. The number of anilines is 1. The summed E-state index contributed by atoms with van der Waals surface area (Å²) in [5, 5.41) is 9.42. The number of amidine groups is 1. The Labute approximate surface area is 229 Å². The molecule has 6 rings (SSSR count). The number of rotatable bonds is 6. The maximum absolute atomic E-state index is 12.9. The van der Waals surface area contributed by atoms with Crippen LogP contribution in [0.4, 0.5) is 5.69 Å². The van der Waals surface area contributed by atoms with Gasteiger partial charge in [0.2, 0.25) is 12.7 Å². The molecule has 3 aromatic rings. The summed E-state index contributed by atoms with van der Waals surface area (Å²) in [4.78, 5) is 30.0. The highest BCUT2D eigenvalue weighted by molar-refractivity contribution is 8.15. The molecule has 3 aliphatic heterocycles. The van der Waals surface area contributed by atoms with Gasteiger partial charge in [0.15, 0.2) is 16.7 Å². The number of carbonyl (C=O) groups is 2. The van der Waals surface area contributed by atoms with Crippen LogP contribution in [0.1, 0.15) is 35.6 Å². The molecule has 2 amide bonds. The number of nitrogens with one attached hydrogen (secondary N) is 1. The fourth-order valence-corrected chi connectivity index (χ4v) is 5.71. The molecule has 0 spiro atoms. The summed E-state index contributed by atoms with van der Waals surface area (Å²) in [5.74, 6) is 1.34. The quantitative estimate of drug-likeness (QED) is 0.472. The number of aryl methyl sites for hydroxylation is 1. The number of nitrogens with zero attached hydrogens (tertiary/aromatic N) is 3. The van der Waals surface area contributed by atoms with E-state index in [4.69, 9.17) is 19.3 Å². The van der Waals surface area contributed by atoms with Crippen LogP contribution in [0.2, 0.25) is 0 Å². The van der Waals surface area contributed by atoms with E-state index in [1.807, 2.05) is 36.2 Å². The van der Waals surface area contributed by atoms with Crippen LogP contribution in [0, 0.1) is 6.92 Å². The highest BCUT2D eigenvalue weighted by Crippen LogP contribution is 2.39. The molecule has 9 nitrogen and oxygen atoms in total. The van der Waals surface area contributed by atoms with E-state index in [1.165, 1.54) is 17.3 Å². The molecule has 0 saturated heterocycles. The van der Waals surface area contributed by atoms with Crippen molar-refractivity contribution in [1.82, 2.24) is 5.01 Å². The van der Waals surface area contributed by atoms with E-state index in [1.54, 1.807) is 25.3 Å². The van der Waals surface area contributed by atoms with Gasteiger partial charge in [-0.25, -0.2) is 5.01 Å². The van der Waals surface area contributed by atoms with Crippen LogP contribution >= 0.6 is 11.8 Å². The molecular weight excluding hydrogens is 516 g/mol. The molecule has 3 aromatic carbocycles. The summed E-state index contributed by atoms with van der Waals surface area (Å²) in [6, 6.07) is 21.1. The third kappa shape index (κ3) is 5.20.